The highest BCUT2D eigenvalue weighted by atomic mass is 79.9. The van der Waals surface area contributed by atoms with Crippen molar-refractivity contribution in [1.82, 2.24) is 15.1 Å². The molecule has 6 rings (SSSR count). The summed E-state index contributed by atoms with van der Waals surface area (Å²) in [5.74, 6) is 0.850. The summed E-state index contributed by atoms with van der Waals surface area (Å²) in [6.45, 7) is 9.03. The van der Waals surface area contributed by atoms with Crippen molar-refractivity contribution >= 4 is 33.2 Å². The second-order valence-electron chi connectivity index (χ2n) is 10.2. The van der Waals surface area contributed by atoms with E-state index in [0.29, 0.717) is 12.6 Å². The van der Waals surface area contributed by atoms with Crippen LogP contribution in [0.2, 0.25) is 0 Å². The number of nitrogens with one attached hydrogen (secondary N) is 1. The van der Waals surface area contributed by atoms with Crippen molar-refractivity contribution in [3.8, 4) is 5.75 Å². The number of amides is 1. The van der Waals surface area contributed by atoms with Gasteiger partial charge in [-0.25, -0.2) is 0 Å². The fraction of sp³-hybridized carbons (Fsp3) is 0.519. The zero-order valence-corrected chi connectivity index (χ0v) is 22.0. The van der Waals surface area contributed by atoms with Crippen LogP contribution in [0.5, 0.6) is 5.75 Å². The van der Waals surface area contributed by atoms with Gasteiger partial charge in [0, 0.05) is 86.4 Å². The molecule has 1 unspecified atom stereocenters. The van der Waals surface area contributed by atoms with Gasteiger partial charge in [-0.3, -0.25) is 9.69 Å². The van der Waals surface area contributed by atoms with E-state index in [4.69, 9.17) is 4.74 Å². The number of hydrogen-bond donors (Lipinski definition) is 1. The van der Waals surface area contributed by atoms with Gasteiger partial charge in [0.25, 0.3) is 5.91 Å². The number of fused-ring (bicyclic) bond motifs is 1. The molecule has 8 heteroatoms. The van der Waals surface area contributed by atoms with Gasteiger partial charge in [0.05, 0.1) is 12.7 Å². The van der Waals surface area contributed by atoms with Crippen LogP contribution in [0, 0.1) is 0 Å². The van der Waals surface area contributed by atoms with E-state index in [1.54, 1.807) is 7.11 Å². The van der Waals surface area contributed by atoms with Gasteiger partial charge in [0.1, 0.15) is 5.75 Å². The molecule has 1 atom stereocenters. The first kappa shape index (κ1) is 23.1. The third-order valence-electron chi connectivity index (χ3n) is 8.17. The Morgan fingerprint density at radius 1 is 0.971 bits per heavy atom. The highest BCUT2D eigenvalue weighted by molar-refractivity contribution is 9.10. The molecule has 1 N–H and O–H groups in total. The standard InChI is InChI=1S/C27H34BrN5O2/c1-35-25-14-23(13-19-16-33(27(34)26(19)25)22-3-2-8-29-15-22)32-17-24(18-32)31-11-9-30(10-12-31)21-6-4-20(28)5-7-21/h4-7,13-14,22,24,29H,2-3,8-12,15-18H2,1H3. The molecule has 186 valence electrons. The predicted molar refractivity (Wildman–Crippen MR) is 143 cm³/mol. The lowest BCUT2D eigenvalue weighted by molar-refractivity contribution is 0.0672. The van der Waals surface area contributed by atoms with Crippen molar-refractivity contribution in [2.75, 3.05) is 69.3 Å². The topological polar surface area (TPSA) is 51.3 Å². The lowest BCUT2D eigenvalue weighted by atomic mass is 10.0. The summed E-state index contributed by atoms with van der Waals surface area (Å²) in [4.78, 5) is 22.8. The lowest BCUT2D eigenvalue weighted by Crippen LogP contribution is -2.63. The molecule has 4 aliphatic rings. The van der Waals surface area contributed by atoms with Crippen LogP contribution in [0.4, 0.5) is 11.4 Å². The van der Waals surface area contributed by atoms with E-state index in [0.717, 1.165) is 86.5 Å². The molecule has 7 nitrogen and oxygen atoms in total. The number of carbonyl (C=O) groups is 1. The number of hydrogen-bond acceptors (Lipinski definition) is 6. The molecule has 4 heterocycles. The molecule has 0 saturated carbocycles. The molecule has 2 aromatic rings. The molecule has 3 fully saturated rings. The first-order chi connectivity index (χ1) is 17.1. The number of benzene rings is 2. The fourth-order valence-electron chi connectivity index (χ4n) is 6.06. The van der Waals surface area contributed by atoms with E-state index < -0.39 is 0 Å². The van der Waals surface area contributed by atoms with Gasteiger partial charge >= 0.3 is 0 Å². The van der Waals surface area contributed by atoms with Gasteiger partial charge in [-0.15, -0.1) is 0 Å². The molecule has 2 aromatic carbocycles. The largest absolute Gasteiger partial charge is 0.496 e. The average molecular weight is 541 g/mol. The van der Waals surface area contributed by atoms with Crippen LogP contribution in [0.1, 0.15) is 28.8 Å². The molecule has 4 aliphatic heterocycles. The molecule has 0 aliphatic carbocycles. The highest BCUT2D eigenvalue weighted by Crippen LogP contribution is 2.38. The zero-order valence-electron chi connectivity index (χ0n) is 20.4. The van der Waals surface area contributed by atoms with Gasteiger partial charge < -0.3 is 24.8 Å². The van der Waals surface area contributed by atoms with Crippen LogP contribution in [0.15, 0.2) is 40.9 Å². The Kier molecular flexibility index (Phi) is 6.37. The van der Waals surface area contributed by atoms with Gasteiger partial charge in [-0.05, 0) is 55.3 Å². The predicted octanol–water partition coefficient (Wildman–Crippen LogP) is 3.18. The number of nitrogens with zero attached hydrogens (tertiary/aromatic N) is 4. The average Bonchev–Trinajstić information content (AvgIpc) is 3.20. The summed E-state index contributed by atoms with van der Waals surface area (Å²) in [6.07, 6.45) is 2.20. The van der Waals surface area contributed by atoms with Crippen LogP contribution >= 0.6 is 15.9 Å². The molecule has 35 heavy (non-hydrogen) atoms. The van der Waals surface area contributed by atoms with E-state index >= 15 is 0 Å². The Morgan fingerprint density at radius 2 is 1.74 bits per heavy atom. The minimum absolute atomic E-state index is 0.127. The van der Waals surface area contributed by atoms with Crippen LogP contribution in [-0.4, -0.2) is 87.3 Å². The summed E-state index contributed by atoms with van der Waals surface area (Å²) in [5.41, 5.74) is 4.37. The summed E-state index contributed by atoms with van der Waals surface area (Å²) in [7, 11) is 1.68. The Bertz CT molecular complexity index is 1070. The number of piperazine rings is 1. The third-order valence-corrected chi connectivity index (χ3v) is 8.69. The molecular weight excluding hydrogens is 506 g/mol. The number of methoxy groups -OCH3 is 1. The van der Waals surface area contributed by atoms with Crippen molar-refractivity contribution in [3.63, 3.8) is 0 Å². The molecule has 3 saturated heterocycles. The van der Waals surface area contributed by atoms with Crippen molar-refractivity contribution in [2.45, 2.75) is 31.5 Å². The number of anilines is 2. The Hall–Kier alpha value is -2.29. The smallest absolute Gasteiger partial charge is 0.258 e. The SMILES string of the molecule is COc1cc(N2CC(N3CCN(c4ccc(Br)cc4)CC3)C2)cc2c1C(=O)N(C1CCCNC1)C2. The van der Waals surface area contributed by atoms with Crippen molar-refractivity contribution in [3.05, 3.63) is 52.0 Å². The maximum Gasteiger partial charge on any atom is 0.258 e. The number of ether oxygens (including phenoxy) is 1. The van der Waals surface area contributed by atoms with Gasteiger partial charge in [-0.1, -0.05) is 15.9 Å². The van der Waals surface area contributed by atoms with Crippen LogP contribution in [0.3, 0.4) is 0 Å². The molecular formula is C27H34BrN5O2. The van der Waals surface area contributed by atoms with E-state index in [1.807, 2.05) is 4.90 Å². The maximum absolute atomic E-state index is 13.2. The van der Waals surface area contributed by atoms with Crippen LogP contribution in [0.25, 0.3) is 0 Å². The zero-order chi connectivity index (χ0) is 23.9. The first-order valence-corrected chi connectivity index (χ1v) is 13.6. The lowest BCUT2D eigenvalue weighted by Gasteiger charge is -2.49. The molecule has 0 spiro atoms. The van der Waals surface area contributed by atoms with E-state index in [9.17, 15) is 4.79 Å². The van der Waals surface area contributed by atoms with E-state index in [-0.39, 0.29) is 11.9 Å². The Labute approximate surface area is 216 Å². The van der Waals surface area contributed by atoms with Crippen LogP contribution in [-0.2, 0) is 6.54 Å². The molecule has 1 amide bonds. The van der Waals surface area contributed by atoms with Crippen molar-refractivity contribution < 1.29 is 9.53 Å². The number of piperidine rings is 1. The van der Waals surface area contributed by atoms with Crippen LogP contribution < -0.4 is 19.9 Å². The quantitative estimate of drug-likeness (QED) is 0.629. The van der Waals surface area contributed by atoms with Gasteiger partial charge in [-0.2, -0.15) is 0 Å². The fourth-order valence-corrected chi connectivity index (χ4v) is 6.32. The summed E-state index contributed by atoms with van der Waals surface area (Å²) >= 11 is 3.53. The second kappa shape index (κ2) is 9.64. The minimum atomic E-state index is 0.127. The second-order valence-corrected chi connectivity index (χ2v) is 11.1. The molecule has 0 bridgehead atoms. The molecule has 0 aromatic heterocycles. The number of halogens is 1. The number of carbonyl (C=O) groups excluding carboxylic acids is 1. The number of rotatable bonds is 5. The Morgan fingerprint density at radius 3 is 2.43 bits per heavy atom. The maximum atomic E-state index is 13.2. The van der Waals surface area contributed by atoms with E-state index in [2.05, 4.69) is 72.3 Å². The van der Waals surface area contributed by atoms with Gasteiger partial charge in [0.2, 0.25) is 0 Å². The Balaban J connectivity index is 1.08. The monoisotopic (exact) mass is 539 g/mol. The van der Waals surface area contributed by atoms with Crippen molar-refractivity contribution in [1.29, 1.82) is 0 Å². The summed E-state index contributed by atoms with van der Waals surface area (Å²) < 4.78 is 6.84. The van der Waals surface area contributed by atoms with Crippen molar-refractivity contribution in [2.24, 2.45) is 0 Å². The summed E-state index contributed by atoms with van der Waals surface area (Å²) in [6, 6.07) is 13.8. The summed E-state index contributed by atoms with van der Waals surface area (Å²) in [5, 5.41) is 3.44. The highest BCUT2D eigenvalue weighted by Gasteiger charge is 2.38. The third kappa shape index (κ3) is 4.41. The van der Waals surface area contributed by atoms with Gasteiger partial charge in [0.15, 0.2) is 0 Å². The first-order valence-electron chi connectivity index (χ1n) is 12.8. The minimum Gasteiger partial charge on any atom is -0.496 e. The van der Waals surface area contributed by atoms with E-state index in [1.165, 1.54) is 11.4 Å². The normalized spacial score (nSPS) is 23.4. The molecule has 0 radical (unpaired) electrons.